The topological polar surface area (TPSA) is 81.8 Å². The van der Waals surface area contributed by atoms with Gasteiger partial charge in [0.05, 0.1) is 22.5 Å². The van der Waals surface area contributed by atoms with Crippen LogP contribution in [0.1, 0.15) is 10.6 Å². The van der Waals surface area contributed by atoms with Crippen molar-refractivity contribution in [3.8, 4) is 10.7 Å². The zero-order valence-corrected chi connectivity index (χ0v) is 16.3. The molecule has 26 heavy (non-hydrogen) atoms. The lowest BCUT2D eigenvalue weighted by Crippen LogP contribution is -2.13. The summed E-state index contributed by atoms with van der Waals surface area (Å²) in [5.41, 5.74) is 7.06. The van der Waals surface area contributed by atoms with Crippen LogP contribution in [0.15, 0.2) is 51.1 Å². The number of hydrogen-bond donors (Lipinski definition) is 1. The molecule has 0 aliphatic carbocycles. The van der Waals surface area contributed by atoms with Crippen LogP contribution in [0.25, 0.3) is 21.6 Å². The van der Waals surface area contributed by atoms with E-state index in [0.29, 0.717) is 5.82 Å². The van der Waals surface area contributed by atoms with E-state index in [0.717, 1.165) is 35.7 Å². The van der Waals surface area contributed by atoms with E-state index in [-0.39, 0.29) is 12.3 Å². The molecule has 130 valence electrons. The molecule has 5 nitrogen and oxygen atoms in total. The monoisotopic (exact) mass is 398 g/mol. The average Bonchev–Trinajstić information content (AvgIpc) is 3.25. The molecule has 0 unspecified atom stereocenters. The Hall–Kier alpha value is -2.29. The number of nitrogens with zero attached hydrogens (tertiary/aromatic N) is 3. The van der Waals surface area contributed by atoms with Gasteiger partial charge in [-0.3, -0.25) is 4.79 Å². The minimum absolute atomic E-state index is 0.217. The first-order valence-corrected chi connectivity index (χ1v) is 10.3. The van der Waals surface area contributed by atoms with Crippen molar-refractivity contribution in [2.75, 3.05) is 0 Å². The molecule has 0 aliphatic rings. The molecule has 0 saturated carbocycles. The van der Waals surface area contributed by atoms with Crippen LogP contribution in [0.4, 0.5) is 0 Å². The molecule has 3 heterocycles. The Morgan fingerprint density at radius 2 is 2.00 bits per heavy atom. The number of amides is 1. The van der Waals surface area contributed by atoms with E-state index in [1.165, 1.54) is 23.1 Å². The second-order valence-corrected chi connectivity index (χ2v) is 8.85. The zero-order chi connectivity index (χ0) is 18.1. The van der Waals surface area contributed by atoms with Crippen LogP contribution in [0, 0.1) is 6.92 Å². The summed E-state index contributed by atoms with van der Waals surface area (Å²) in [7, 11) is 0. The van der Waals surface area contributed by atoms with Crippen molar-refractivity contribution in [2.24, 2.45) is 5.73 Å². The molecule has 0 atom stereocenters. The number of thiophene rings is 1. The molecule has 0 spiro atoms. The van der Waals surface area contributed by atoms with Crippen LogP contribution >= 0.6 is 34.4 Å². The van der Waals surface area contributed by atoms with E-state index in [2.05, 4.69) is 9.97 Å². The molecule has 8 heteroatoms. The van der Waals surface area contributed by atoms with E-state index < -0.39 is 0 Å². The second-order valence-electron chi connectivity index (χ2n) is 5.58. The standard InChI is InChI=1S/C18H14N4OS3/c1-10-14(9-15(19)23)25-18(20-10)26-17-11-5-2-3-6-12(11)21-16(22-17)13-7-4-8-24-13/h2-8H,9H2,1H3,(H2,19,23). The molecular weight excluding hydrogens is 384 g/mol. The van der Waals surface area contributed by atoms with Gasteiger partial charge in [-0.05, 0) is 36.2 Å². The molecule has 0 fully saturated rings. The van der Waals surface area contributed by atoms with Crippen molar-refractivity contribution in [2.45, 2.75) is 22.7 Å². The van der Waals surface area contributed by atoms with Crippen LogP contribution in [-0.4, -0.2) is 20.9 Å². The minimum atomic E-state index is -0.347. The summed E-state index contributed by atoms with van der Waals surface area (Å²) in [4.78, 5) is 27.2. The van der Waals surface area contributed by atoms with Gasteiger partial charge in [-0.15, -0.1) is 22.7 Å². The first kappa shape index (κ1) is 17.1. The molecular formula is C18H14N4OS3. The van der Waals surface area contributed by atoms with E-state index in [1.54, 1.807) is 11.3 Å². The lowest BCUT2D eigenvalue weighted by Gasteiger charge is -2.06. The highest BCUT2D eigenvalue weighted by Gasteiger charge is 2.15. The molecule has 0 radical (unpaired) electrons. The molecule has 4 rings (SSSR count). The molecule has 0 saturated heterocycles. The Labute approximate surface area is 162 Å². The van der Waals surface area contributed by atoms with E-state index in [4.69, 9.17) is 10.7 Å². The maximum atomic E-state index is 11.2. The Kier molecular flexibility index (Phi) is 4.71. The van der Waals surface area contributed by atoms with Crippen molar-refractivity contribution in [1.29, 1.82) is 0 Å². The van der Waals surface area contributed by atoms with Crippen molar-refractivity contribution in [3.63, 3.8) is 0 Å². The fraction of sp³-hybridized carbons (Fsp3) is 0.111. The van der Waals surface area contributed by atoms with Crippen molar-refractivity contribution >= 4 is 51.2 Å². The number of rotatable bonds is 5. The number of primary amides is 1. The number of aromatic nitrogens is 3. The van der Waals surface area contributed by atoms with Gasteiger partial charge in [-0.2, -0.15) is 0 Å². The van der Waals surface area contributed by atoms with Crippen molar-refractivity contribution in [3.05, 3.63) is 52.3 Å². The highest BCUT2D eigenvalue weighted by atomic mass is 32.2. The molecule has 3 aromatic heterocycles. The summed E-state index contributed by atoms with van der Waals surface area (Å²) in [5.74, 6) is 0.368. The number of thiazole rings is 1. The Morgan fingerprint density at radius 3 is 2.77 bits per heavy atom. The number of aryl methyl sites for hydroxylation is 1. The zero-order valence-electron chi connectivity index (χ0n) is 13.8. The smallest absolute Gasteiger partial charge is 0.222 e. The molecule has 1 amide bonds. The number of carbonyl (C=O) groups is 1. The van der Waals surface area contributed by atoms with Crippen LogP contribution in [0.3, 0.4) is 0 Å². The fourth-order valence-electron chi connectivity index (χ4n) is 2.49. The largest absolute Gasteiger partial charge is 0.369 e. The third kappa shape index (κ3) is 3.48. The number of hydrogen-bond acceptors (Lipinski definition) is 7. The summed E-state index contributed by atoms with van der Waals surface area (Å²) in [6.07, 6.45) is 0.217. The van der Waals surface area contributed by atoms with Crippen LogP contribution < -0.4 is 5.73 Å². The van der Waals surface area contributed by atoms with Gasteiger partial charge in [-0.25, -0.2) is 15.0 Å². The van der Waals surface area contributed by atoms with Gasteiger partial charge in [0.2, 0.25) is 5.91 Å². The highest BCUT2D eigenvalue weighted by molar-refractivity contribution is 8.01. The SMILES string of the molecule is Cc1nc(Sc2nc(-c3cccs3)nc3ccccc23)sc1CC(N)=O. The lowest BCUT2D eigenvalue weighted by molar-refractivity contribution is -0.117. The Balaban J connectivity index is 1.77. The summed E-state index contributed by atoms with van der Waals surface area (Å²) in [6, 6.07) is 12.0. The van der Waals surface area contributed by atoms with Gasteiger partial charge >= 0.3 is 0 Å². The number of nitrogens with two attached hydrogens (primary N) is 1. The van der Waals surface area contributed by atoms with Crippen LogP contribution in [0.2, 0.25) is 0 Å². The van der Waals surface area contributed by atoms with Crippen LogP contribution in [-0.2, 0) is 11.2 Å². The molecule has 2 N–H and O–H groups in total. The molecule has 4 aromatic rings. The second kappa shape index (κ2) is 7.14. The Bertz CT molecular complexity index is 1090. The van der Waals surface area contributed by atoms with Gasteiger partial charge in [0.25, 0.3) is 0 Å². The third-order valence-electron chi connectivity index (χ3n) is 3.70. The number of benzene rings is 1. The normalized spacial score (nSPS) is 11.1. The van der Waals surface area contributed by atoms with Gasteiger partial charge in [0.1, 0.15) is 5.03 Å². The first-order chi connectivity index (χ1) is 12.6. The van der Waals surface area contributed by atoms with Gasteiger partial charge in [0.15, 0.2) is 10.2 Å². The number of para-hydroxylation sites is 1. The maximum absolute atomic E-state index is 11.2. The average molecular weight is 399 g/mol. The van der Waals surface area contributed by atoms with Gasteiger partial charge in [0, 0.05) is 10.3 Å². The predicted octanol–water partition coefficient (Wildman–Crippen LogP) is 4.30. The summed E-state index contributed by atoms with van der Waals surface area (Å²) >= 11 is 4.60. The molecule has 0 aliphatic heterocycles. The predicted molar refractivity (Wildman–Crippen MR) is 107 cm³/mol. The number of carbonyl (C=O) groups excluding carboxylic acids is 1. The third-order valence-corrected chi connectivity index (χ3v) is 6.79. The molecule has 0 bridgehead atoms. The van der Waals surface area contributed by atoms with Crippen LogP contribution in [0.5, 0.6) is 0 Å². The van der Waals surface area contributed by atoms with E-state index in [1.807, 2.05) is 48.7 Å². The first-order valence-electron chi connectivity index (χ1n) is 7.83. The number of fused-ring (bicyclic) bond motifs is 1. The summed E-state index contributed by atoms with van der Waals surface area (Å²) in [5, 5.41) is 3.86. The summed E-state index contributed by atoms with van der Waals surface area (Å²) in [6.45, 7) is 1.90. The van der Waals surface area contributed by atoms with E-state index in [9.17, 15) is 4.79 Å². The van der Waals surface area contributed by atoms with Crippen molar-refractivity contribution < 1.29 is 4.79 Å². The van der Waals surface area contributed by atoms with Gasteiger partial charge in [-0.1, -0.05) is 24.3 Å². The van der Waals surface area contributed by atoms with Crippen molar-refractivity contribution in [1.82, 2.24) is 15.0 Å². The van der Waals surface area contributed by atoms with Gasteiger partial charge < -0.3 is 5.73 Å². The summed E-state index contributed by atoms with van der Waals surface area (Å²) < 4.78 is 0.847. The van der Waals surface area contributed by atoms with E-state index >= 15 is 0 Å². The lowest BCUT2D eigenvalue weighted by atomic mass is 10.2. The fourth-order valence-corrected chi connectivity index (χ4v) is 5.42. The quantitative estimate of drug-likeness (QED) is 0.507. The molecule has 1 aromatic carbocycles. The maximum Gasteiger partial charge on any atom is 0.222 e. The highest BCUT2D eigenvalue weighted by Crippen LogP contribution is 2.37. The minimum Gasteiger partial charge on any atom is -0.369 e. The Morgan fingerprint density at radius 1 is 1.15 bits per heavy atom.